The third-order valence-corrected chi connectivity index (χ3v) is 4.45. The molecule has 0 radical (unpaired) electrons. The van der Waals surface area contributed by atoms with E-state index in [4.69, 9.17) is 4.74 Å². The van der Waals surface area contributed by atoms with E-state index in [0.29, 0.717) is 30.8 Å². The fraction of sp³-hybridized carbons (Fsp3) is 0.300. The Bertz CT molecular complexity index is 771. The van der Waals surface area contributed by atoms with E-state index >= 15 is 0 Å². The summed E-state index contributed by atoms with van der Waals surface area (Å²) in [6.45, 7) is 3.10. The molecule has 0 spiro atoms. The lowest BCUT2D eigenvalue weighted by Crippen LogP contribution is -2.31. The summed E-state index contributed by atoms with van der Waals surface area (Å²) in [6.07, 6.45) is 0.445. The first-order valence-corrected chi connectivity index (χ1v) is 8.36. The molecule has 0 aromatic heterocycles. The molecule has 2 amide bonds. The van der Waals surface area contributed by atoms with E-state index < -0.39 is 0 Å². The van der Waals surface area contributed by atoms with Gasteiger partial charge in [0, 0.05) is 31.1 Å². The highest BCUT2D eigenvalue weighted by Crippen LogP contribution is 2.25. The smallest absolute Gasteiger partial charge is 0.255 e. The number of ether oxygens (including phenoxy) is 1. The topological polar surface area (TPSA) is 58.6 Å². The fourth-order valence-electron chi connectivity index (χ4n) is 3.06. The zero-order valence-electron chi connectivity index (χ0n) is 14.5. The minimum atomic E-state index is -0.182. The Kier molecular flexibility index (Phi) is 5.03. The quantitative estimate of drug-likeness (QED) is 0.912. The van der Waals surface area contributed by atoms with Crippen molar-refractivity contribution in [3.05, 3.63) is 59.7 Å². The largest absolute Gasteiger partial charge is 0.496 e. The lowest BCUT2D eigenvalue weighted by atomic mass is 10.1. The average molecular weight is 338 g/mol. The molecule has 25 heavy (non-hydrogen) atoms. The number of anilines is 1. The van der Waals surface area contributed by atoms with Gasteiger partial charge in [0.1, 0.15) is 5.75 Å². The van der Waals surface area contributed by atoms with E-state index in [2.05, 4.69) is 5.32 Å². The van der Waals surface area contributed by atoms with Crippen LogP contribution in [0, 0.1) is 12.8 Å². The number of amides is 2. The number of para-hydroxylation sites is 1. The Morgan fingerprint density at radius 3 is 2.64 bits per heavy atom. The SMILES string of the molecule is COc1ccccc1C(=O)NC[C@H]1CC(=O)N(c2ccc(C)cc2)C1. The highest BCUT2D eigenvalue weighted by molar-refractivity contribution is 5.97. The number of nitrogens with one attached hydrogen (secondary N) is 1. The molecule has 1 aliphatic heterocycles. The van der Waals surface area contributed by atoms with E-state index in [1.165, 1.54) is 0 Å². The second kappa shape index (κ2) is 7.38. The molecular formula is C20H22N2O3. The molecule has 3 rings (SSSR count). The van der Waals surface area contributed by atoms with Crippen LogP contribution in [-0.4, -0.2) is 32.0 Å². The summed E-state index contributed by atoms with van der Waals surface area (Å²) in [5.41, 5.74) is 2.58. The average Bonchev–Trinajstić information content (AvgIpc) is 3.01. The minimum Gasteiger partial charge on any atom is -0.496 e. The summed E-state index contributed by atoms with van der Waals surface area (Å²) < 4.78 is 5.22. The van der Waals surface area contributed by atoms with Crippen molar-refractivity contribution in [1.82, 2.24) is 5.32 Å². The van der Waals surface area contributed by atoms with Crippen molar-refractivity contribution in [2.45, 2.75) is 13.3 Å². The number of hydrogen-bond acceptors (Lipinski definition) is 3. The Morgan fingerprint density at radius 1 is 1.20 bits per heavy atom. The normalized spacial score (nSPS) is 16.8. The standard InChI is InChI=1S/C20H22N2O3/c1-14-7-9-16(10-8-14)22-13-15(11-19(22)23)12-21-20(24)17-5-3-4-6-18(17)25-2/h3-10,15H,11-13H2,1-2H3,(H,21,24)/t15-/m1/s1. The maximum absolute atomic E-state index is 12.4. The molecule has 1 saturated heterocycles. The van der Waals surface area contributed by atoms with Gasteiger partial charge in [0.15, 0.2) is 0 Å². The highest BCUT2D eigenvalue weighted by atomic mass is 16.5. The summed E-state index contributed by atoms with van der Waals surface area (Å²) in [4.78, 5) is 26.4. The Morgan fingerprint density at radius 2 is 1.92 bits per heavy atom. The van der Waals surface area contributed by atoms with Gasteiger partial charge in [0.2, 0.25) is 5.91 Å². The monoisotopic (exact) mass is 338 g/mol. The highest BCUT2D eigenvalue weighted by Gasteiger charge is 2.30. The number of benzene rings is 2. The van der Waals surface area contributed by atoms with Crippen molar-refractivity contribution in [1.29, 1.82) is 0 Å². The van der Waals surface area contributed by atoms with Crippen LogP contribution in [0.25, 0.3) is 0 Å². The second-order valence-corrected chi connectivity index (χ2v) is 6.32. The van der Waals surface area contributed by atoms with Gasteiger partial charge < -0.3 is 15.0 Å². The van der Waals surface area contributed by atoms with Crippen molar-refractivity contribution in [3.8, 4) is 5.75 Å². The van der Waals surface area contributed by atoms with Gasteiger partial charge in [-0.15, -0.1) is 0 Å². The number of hydrogen-bond donors (Lipinski definition) is 1. The van der Waals surface area contributed by atoms with Gasteiger partial charge in [0.05, 0.1) is 12.7 Å². The number of nitrogens with zero attached hydrogens (tertiary/aromatic N) is 1. The molecule has 1 fully saturated rings. The zero-order valence-corrected chi connectivity index (χ0v) is 14.5. The molecular weight excluding hydrogens is 316 g/mol. The van der Waals surface area contributed by atoms with Gasteiger partial charge in [-0.2, -0.15) is 0 Å². The number of methoxy groups -OCH3 is 1. The zero-order chi connectivity index (χ0) is 17.8. The van der Waals surface area contributed by atoms with E-state index in [9.17, 15) is 9.59 Å². The molecule has 0 bridgehead atoms. The maximum atomic E-state index is 12.4. The van der Waals surface area contributed by atoms with Crippen molar-refractivity contribution in [3.63, 3.8) is 0 Å². The molecule has 130 valence electrons. The summed E-state index contributed by atoms with van der Waals surface area (Å²) in [6, 6.07) is 15.0. The van der Waals surface area contributed by atoms with Crippen LogP contribution in [0.3, 0.4) is 0 Å². The Balaban J connectivity index is 1.60. The van der Waals surface area contributed by atoms with E-state index in [1.54, 1.807) is 30.2 Å². The predicted octanol–water partition coefficient (Wildman–Crippen LogP) is 2.79. The number of carbonyl (C=O) groups is 2. The molecule has 2 aromatic carbocycles. The van der Waals surface area contributed by atoms with Crippen molar-refractivity contribution >= 4 is 17.5 Å². The third kappa shape index (κ3) is 3.82. The summed E-state index contributed by atoms with van der Waals surface area (Å²) in [7, 11) is 1.54. The first-order chi connectivity index (χ1) is 12.1. The number of aryl methyl sites for hydroxylation is 1. The van der Waals surface area contributed by atoms with Gasteiger partial charge in [-0.3, -0.25) is 9.59 Å². The maximum Gasteiger partial charge on any atom is 0.255 e. The molecule has 2 aromatic rings. The number of carbonyl (C=O) groups excluding carboxylic acids is 2. The lowest BCUT2D eigenvalue weighted by Gasteiger charge is -2.17. The van der Waals surface area contributed by atoms with Crippen molar-refractivity contribution in [2.75, 3.05) is 25.1 Å². The molecule has 0 unspecified atom stereocenters. The van der Waals surface area contributed by atoms with Crippen molar-refractivity contribution < 1.29 is 14.3 Å². The van der Waals surface area contributed by atoms with E-state index in [-0.39, 0.29) is 17.7 Å². The van der Waals surface area contributed by atoms with Crippen LogP contribution in [0.4, 0.5) is 5.69 Å². The first kappa shape index (κ1) is 17.0. The summed E-state index contributed by atoms with van der Waals surface area (Å²) in [5, 5.41) is 2.92. The Hall–Kier alpha value is -2.82. The summed E-state index contributed by atoms with van der Waals surface area (Å²) >= 11 is 0. The van der Waals surface area contributed by atoms with Gasteiger partial charge in [-0.05, 0) is 31.2 Å². The second-order valence-electron chi connectivity index (χ2n) is 6.32. The van der Waals surface area contributed by atoms with Crippen LogP contribution < -0.4 is 15.0 Å². The molecule has 0 aliphatic carbocycles. The minimum absolute atomic E-state index is 0.0976. The lowest BCUT2D eigenvalue weighted by molar-refractivity contribution is -0.117. The molecule has 1 aliphatic rings. The predicted molar refractivity (Wildman–Crippen MR) is 97.0 cm³/mol. The van der Waals surface area contributed by atoms with Crippen LogP contribution in [0.15, 0.2) is 48.5 Å². The van der Waals surface area contributed by atoms with E-state index in [1.807, 2.05) is 37.3 Å². The van der Waals surface area contributed by atoms with E-state index in [0.717, 1.165) is 11.3 Å². The van der Waals surface area contributed by atoms with Crippen LogP contribution in [0.5, 0.6) is 5.75 Å². The van der Waals surface area contributed by atoms with Gasteiger partial charge in [0.25, 0.3) is 5.91 Å². The molecule has 0 saturated carbocycles. The van der Waals surface area contributed by atoms with Crippen LogP contribution >= 0.6 is 0 Å². The molecule has 5 heteroatoms. The van der Waals surface area contributed by atoms with Gasteiger partial charge >= 0.3 is 0 Å². The molecule has 1 heterocycles. The summed E-state index contributed by atoms with van der Waals surface area (Å²) in [5.74, 6) is 0.565. The van der Waals surface area contributed by atoms with Crippen LogP contribution in [-0.2, 0) is 4.79 Å². The molecule has 1 N–H and O–H groups in total. The fourth-order valence-corrected chi connectivity index (χ4v) is 3.06. The first-order valence-electron chi connectivity index (χ1n) is 8.36. The van der Waals surface area contributed by atoms with Crippen LogP contribution in [0.2, 0.25) is 0 Å². The number of rotatable bonds is 5. The van der Waals surface area contributed by atoms with Gasteiger partial charge in [-0.25, -0.2) is 0 Å². The van der Waals surface area contributed by atoms with Gasteiger partial charge in [-0.1, -0.05) is 29.8 Å². The third-order valence-electron chi connectivity index (χ3n) is 4.45. The Labute approximate surface area is 147 Å². The van der Waals surface area contributed by atoms with Crippen molar-refractivity contribution in [2.24, 2.45) is 5.92 Å². The molecule has 1 atom stereocenters. The molecule has 5 nitrogen and oxygen atoms in total. The van der Waals surface area contributed by atoms with Crippen LogP contribution in [0.1, 0.15) is 22.3 Å².